The van der Waals surface area contributed by atoms with Crippen LogP contribution in [0.15, 0.2) is 48.5 Å². The normalized spacial score (nSPS) is 14.8. The first kappa shape index (κ1) is 26.1. The molecule has 4 rings (SSSR count). The first-order chi connectivity index (χ1) is 17.6. The fraction of sp³-hybridized carbons (Fsp3) is 0.333. The van der Waals surface area contributed by atoms with E-state index in [4.69, 9.17) is 9.72 Å². The summed E-state index contributed by atoms with van der Waals surface area (Å²) in [5.74, 6) is -1.29. The summed E-state index contributed by atoms with van der Waals surface area (Å²) in [6.07, 6.45) is 2.36. The van der Waals surface area contributed by atoms with Crippen molar-refractivity contribution in [2.45, 2.75) is 59.0 Å². The van der Waals surface area contributed by atoms with Crippen molar-refractivity contribution in [1.29, 1.82) is 0 Å². The number of fused-ring (bicyclic) bond motifs is 2. The van der Waals surface area contributed by atoms with Crippen LogP contribution in [-0.2, 0) is 21.4 Å². The number of para-hydroxylation sites is 1. The van der Waals surface area contributed by atoms with E-state index in [0.29, 0.717) is 29.4 Å². The zero-order valence-electron chi connectivity index (χ0n) is 22.0. The molecule has 0 spiro atoms. The summed E-state index contributed by atoms with van der Waals surface area (Å²) >= 11 is 0. The van der Waals surface area contributed by atoms with Crippen LogP contribution in [0.3, 0.4) is 0 Å². The third-order valence-electron chi connectivity index (χ3n) is 6.49. The van der Waals surface area contributed by atoms with Crippen molar-refractivity contribution >= 4 is 40.5 Å². The number of carbonyl (C=O) groups is 3. The molecule has 2 aromatic carbocycles. The number of nitrogens with one attached hydrogen (secondary N) is 2. The number of imide groups is 1. The average Bonchev–Trinajstić information content (AvgIpc) is 3.24. The first-order valence-electron chi connectivity index (χ1n) is 12.6. The average molecular weight is 500 g/mol. The van der Waals surface area contributed by atoms with Gasteiger partial charge >= 0.3 is 12.0 Å². The maximum Gasteiger partial charge on any atom is 0.339 e. The highest BCUT2D eigenvalue weighted by Crippen LogP contribution is 2.38. The van der Waals surface area contributed by atoms with Crippen LogP contribution in [-0.4, -0.2) is 35.5 Å². The molecule has 192 valence electrons. The Kier molecular flexibility index (Phi) is 7.43. The lowest BCUT2D eigenvalue weighted by Crippen LogP contribution is -2.44. The fourth-order valence-electron chi connectivity index (χ4n) is 4.48. The van der Waals surface area contributed by atoms with Gasteiger partial charge in [0.15, 0.2) is 6.10 Å². The molecule has 7 nitrogen and oxygen atoms in total. The molecule has 1 atom stereocenters. The van der Waals surface area contributed by atoms with Crippen LogP contribution in [0.25, 0.3) is 22.6 Å². The number of esters is 1. The van der Waals surface area contributed by atoms with Crippen molar-refractivity contribution in [3.63, 3.8) is 0 Å². The van der Waals surface area contributed by atoms with Crippen LogP contribution in [0, 0.1) is 0 Å². The number of allylic oxidation sites excluding steroid dienone is 1. The molecule has 0 radical (unpaired) electrons. The third-order valence-corrected chi connectivity index (χ3v) is 6.49. The molecule has 1 aliphatic carbocycles. The topological polar surface area (TPSA) is 97.4 Å². The molecule has 0 fully saturated rings. The van der Waals surface area contributed by atoms with Crippen molar-refractivity contribution in [1.82, 2.24) is 15.6 Å². The lowest BCUT2D eigenvalue weighted by molar-refractivity contribution is -0.127. The molecule has 1 aliphatic rings. The second-order valence-corrected chi connectivity index (χ2v) is 10.3. The number of benzene rings is 2. The maximum atomic E-state index is 13.4. The quantitative estimate of drug-likeness (QED) is 0.458. The number of aromatic nitrogens is 1. The van der Waals surface area contributed by atoms with E-state index in [9.17, 15) is 14.4 Å². The first-order valence-corrected chi connectivity index (χ1v) is 12.6. The second kappa shape index (κ2) is 10.5. The molecule has 0 saturated carbocycles. The molecule has 0 aliphatic heterocycles. The molecular weight excluding hydrogens is 466 g/mol. The Labute approximate surface area is 217 Å². The third kappa shape index (κ3) is 5.71. The lowest BCUT2D eigenvalue weighted by Gasteiger charge is -2.18. The van der Waals surface area contributed by atoms with Crippen molar-refractivity contribution in [2.24, 2.45) is 0 Å². The van der Waals surface area contributed by atoms with E-state index in [1.165, 1.54) is 12.5 Å². The van der Waals surface area contributed by atoms with Gasteiger partial charge in [0.05, 0.1) is 16.8 Å². The monoisotopic (exact) mass is 499 g/mol. The van der Waals surface area contributed by atoms with Gasteiger partial charge in [0.2, 0.25) is 0 Å². The Morgan fingerprint density at radius 3 is 2.43 bits per heavy atom. The molecule has 1 heterocycles. The number of ether oxygens (including phenoxy) is 1. The van der Waals surface area contributed by atoms with Gasteiger partial charge in [-0.15, -0.1) is 0 Å². The second-order valence-electron chi connectivity index (χ2n) is 10.3. The smallest absolute Gasteiger partial charge is 0.339 e. The van der Waals surface area contributed by atoms with Gasteiger partial charge in [-0.05, 0) is 66.5 Å². The SMILES string of the molecule is CCNC(=O)NC(=O)C(C)OC(=O)c1c2c(nc3ccccc13)/C(=C/c1ccc(C(C)(C)C)cc1)CC2. The van der Waals surface area contributed by atoms with Crippen molar-refractivity contribution in [2.75, 3.05) is 6.54 Å². The maximum absolute atomic E-state index is 13.4. The number of hydrogen-bond donors (Lipinski definition) is 2. The summed E-state index contributed by atoms with van der Waals surface area (Å²) in [5.41, 5.74) is 6.18. The molecule has 37 heavy (non-hydrogen) atoms. The van der Waals surface area contributed by atoms with E-state index in [-0.39, 0.29) is 5.41 Å². The summed E-state index contributed by atoms with van der Waals surface area (Å²) in [4.78, 5) is 42.4. The predicted molar refractivity (Wildman–Crippen MR) is 145 cm³/mol. The number of carbonyl (C=O) groups excluding carboxylic acids is 3. The molecule has 7 heteroatoms. The Hall–Kier alpha value is -4.00. The van der Waals surface area contributed by atoms with E-state index in [2.05, 4.69) is 61.7 Å². The van der Waals surface area contributed by atoms with E-state index in [1.807, 2.05) is 24.3 Å². The Bertz CT molecular complexity index is 1380. The standard InChI is InChI=1S/C30H33N3O4/c1-6-31-29(36)33-27(34)18(2)37-28(35)25-22-9-7-8-10-24(22)32-26-20(13-16-23(25)26)17-19-11-14-21(15-12-19)30(3,4)5/h7-12,14-15,17-18H,6,13,16H2,1-5H3,(H2,31,33,34,36)/b20-17+. The van der Waals surface area contributed by atoms with Crippen molar-refractivity contribution in [3.05, 3.63) is 76.5 Å². The highest BCUT2D eigenvalue weighted by Gasteiger charge is 2.29. The van der Waals surface area contributed by atoms with E-state index >= 15 is 0 Å². The van der Waals surface area contributed by atoms with Crippen LogP contribution in [0.5, 0.6) is 0 Å². The Balaban J connectivity index is 1.67. The van der Waals surface area contributed by atoms with Crippen LogP contribution in [0.4, 0.5) is 4.79 Å². The predicted octanol–water partition coefficient (Wildman–Crippen LogP) is 5.41. The van der Waals surface area contributed by atoms with E-state index in [0.717, 1.165) is 28.8 Å². The minimum absolute atomic E-state index is 0.0786. The minimum atomic E-state index is -1.14. The van der Waals surface area contributed by atoms with Crippen LogP contribution in [0.1, 0.15) is 73.8 Å². The summed E-state index contributed by atoms with van der Waals surface area (Å²) in [6, 6.07) is 15.3. The molecule has 1 unspecified atom stereocenters. The molecule has 1 aromatic heterocycles. The highest BCUT2D eigenvalue weighted by atomic mass is 16.5. The molecule has 0 saturated heterocycles. The largest absolute Gasteiger partial charge is 0.449 e. The van der Waals surface area contributed by atoms with Gasteiger partial charge in [0.1, 0.15) is 0 Å². The van der Waals surface area contributed by atoms with Gasteiger partial charge in [0.25, 0.3) is 5.91 Å². The molecule has 3 aromatic rings. The minimum Gasteiger partial charge on any atom is -0.449 e. The number of pyridine rings is 1. The van der Waals surface area contributed by atoms with Gasteiger partial charge in [-0.1, -0.05) is 63.2 Å². The van der Waals surface area contributed by atoms with E-state index in [1.54, 1.807) is 6.92 Å². The van der Waals surface area contributed by atoms with Gasteiger partial charge < -0.3 is 10.1 Å². The van der Waals surface area contributed by atoms with Gasteiger partial charge in [-0.2, -0.15) is 0 Å². The van der Waals surface area contributed by atoms with Crippen molar-refractivity contribution in [3.8, 4) is 0 Å². The number of amides is 3. The Morgan fingerprint density at radius 1 is 1.05 bits per heavy atom. The Morgan fingerprint density at radius 2 is 1.76 bits per heavy atom. The number of urea groups is 1. The summed E-state index contributed by atoms with van der Waals surface area (Å²) < 4.78 is 5.53. The zero-order valence-corrected chi connectivity index (χ0v) is 22.0. The molecule has 0 bridgehead atoms. The summed E-state index contributed by atoms with van der Waals surface area (Å²) in [7, 11) is 0. The van der Waals surface area contributed by atoms with Crippen LogP contribution < -0.4 is 10.6 Å². The summed E-state index contributed by atoms with van der Waals surface area (Å²) in [6.45, 7) is 10.1. The molecular formula is C30H33N3O4. The van der Waals surface area contributed by atoms with Crippen LogP contribution >= 0.6 is 0 Å². The lowest BCUT2D eigenvalue weighted by atomic mass is 9.86. The fourth-order valence-corrected chi connectivity index (χ4v) is 4.48. The number of hydrogen-bond acceptors (Lipinski definition) is 5. The van der Waals surface area contributed by atoms with Crippen molar-refractivity contribution < 1.29 is 19.1 Å². The number of rotatable bonds is 5. The summed E-state index contributed by atoms with van der Waals surface area (Å²) in [5, 5.41) is 5.35. The molecule has 2 N–H and O–H groups in total. The van der Waals surface area contributed by atoms with Gasteiger partial charge in [0, 0.05) is 11.9 Å². The zero-order chi connectivity index (χ0) is 26.7. The molecule has 3 amide bonds. The van der Waals surface area contributed by atoms with Gasteiger partial charge in [-0.25, -0.2) is 14.6 Å². The van der Waals surface area contributed by atoms with E-state index < -0.39 is 24.0 Å². The van der Waals surface area contributed by atoms with Crippen LogP contribution in [0.2, 0.25) is 0 Å². The van der Waals surface area contributed by atoms with Gasteiger partial charge in [-0.3, -0.25) is 10.1 Å². The highest BCUT2D eigenvalue weighted by molar-refractivity contribution is 6.08. The number of nitrogens with zero attached hydrogens (tertiary/aromatic N) is 1.